The van der Waals surface area contributed by atoms with Gasteiger partial charge in [-0.1, -0.05) is 11.5 Å². The fraction of sp³-hybridized carbons (Fsp3) is 0.900. The van der Waals surface area contributed by atoms with Gasteiger partial charge >= 0.3 is 0 Å². The zero-order valence-corrected chi connectivity index (χ0v) is 9.17. The Hall–Kier alpha value is -1.26. The van der Waals surface area contributed by atoms with Gasteiger partial charge in [-0.2, -0.15) is 0 Å². The van der Waals surface area contributed by atoms with Gasteiger partial charge in [-0.15, -0.1) is 0 Å². The van der Waals surface area contributed by atoms with E-state index in [-0.39, 0.29) is 24.5 Å². The lowest BCUT2D eigenvalue weighted by Crippen LogP contribution is -2.34. The molecule has 2 aliphatic rings. The second-order valence-corrected chi connectivity index (χ2v) is 4.77. The van der Waals surface area contributed by atoms with E-state index < -0.39 is 0 Å². The van der Waals surface area contributed by atoms with E-state index in [0.717, 1.165) is 19.3 Å². The second-order valence-electron chi connectivity index (χ2n) is 4.77. The van der Waals surface area contributed by atoms with E-state index in [1.54, 1.807) is 4.90 Å². The van der Waals surface area contributed by atoms with Crippen LogP contribution in [0.1, 0.15) is 19.3 Å². The molecular weight excluding hydrogens is 208 g/mol. The largest absolute Gasteiger partial charge is 0.396 e. The summed E-state index contributed by atoms with van der Waals surface area (Å²) in [5.74, 6) is 0.299. The number of fused-ring (bicyclic) bond motifs is 1. The standard InChI is InChI=1S/C10H16N4O2/c11-13-12-4-9(16)14-5-8-2-1-3-10(8,6-14)7-15/h8,15H,1-7H2/t8-,10+/m1/s1. The highest BCUT2D eigenvalue weighted by molar-refractivity contribution is 5.78. The first-order valence-electron chi connectivity index (χ1n) is 5.61. The highest BCUT2D eigenvalue weighted by Crippen LogP contribution is 2.48. The molecule has 1 heterocycles. The van der Waals surface area contributed by atoms with Gasteiger partial charge in [0.15, 0.2) is 0 Å². The number of carbonyl (C=O) groups is 1. The Kier molecular flexibility index (Phi) is 3.03. The van der Waals surface area contributed by atoms with Crippen LogP contribution in [-0.4, -0.2) is 42.2 Å². The number of amides is 1. The highest BCUT2D eigenvalue weighted by Gasteiger charge is 2.49. The number of likely N-dealkylation sites (tertiary alicyclic amines) is 1. The van der Waals surface area contributed by atoms with Crippen molar-refractivity contribution in [3.63, 3.8) is 0 Å². The Balaban J connectivity index is 2.02. The van der Waals surface area contributed by atoms with Crippen molar-refractivity contribution in [1.82, 2.24) is 4.90 Å². The van der Waals surface area contributed by atoms with Gasteiger partial charge in [0.1, 0.15) is 6.54 Å². The normalized spacial score (nSPS) is 32.3. The topological polar surface area (TPSA) is 89.3 Å². The minimum atomic E-state index is -0.125. The van der Waals surface area contributed by atoms with Crippen LogP contribution in [0.3, 0.4) is 0 Å². The van der Waals surface area contributed by atoms with Crippen LogP contribution < -0.4 is 0 Å². The Morgan fingerprint density at radius 1 is 1.69 bits per heavy atom. The maximum atomic E-state index is 11.7. The Labute approximate surface area is 93.9 Å². The third kappa shape index (κ3) is 1.74. The van der Waals surface area contributed by atoms with Crippen molar-refractivity contribution in [2.24, 2.45) is 16.4 Å². The molecular formula is C10H16N4O2. The smallest absolute Gasteiger partial charge is 0.228 e. The zero-order valence-electron chi connectivity index (χ0n) is 9.17. The molecule has 0 spiro atoms. The van der Waals surface area contributed by atoms with Gasteiger partial charge in [0.05, 0.1) is 6.61 Å². The van der Waals surface area contributed by atoms with E-state index in [1.807, 2.05) is 0 Å². The molecule has 1 aliphatic carbocycles. The Morgan fingerprint density at radius 3 is 3.12 bits per heavy atom. The van der Waals surface area contributed by atoms with Crippen LogP contribution in [0, 0.1) is 11.3 Å². The fourth-order valence-corrected chi connectivity index (χ4v) is 3.05. The quantitative estimate of drug-likeness (QED) is 0.438. The van der Waals surface area contributed by atoms with Gasteiger partial charge in [0.2, 0.25) is 5.91 Å². The second kappa shape index (κ2) is 4.31. The van der Waals surface area contributed by atoms with Crippen molar-refractivity contribution in [3.05, 3.63) is 10.4 Å². The molecule has 2 rings (SSSR count). The predicted molar refractivity (Wildman–Crippen MR) is 57.5 cm³/mol. The first-order valence-corrected chi connectivity index (χ1v) is 5.61. The highest BCUT2D eigenvalue weighted by atomic mass is 16.3. The summed E-state index contributed by atoms with van der Waals surface area (Å²) < 4.78 is 0. The van der Waals surface area contributed by atoms with E-state index in [1.165, 1.54) is 0 Å². The molecule has 6 heteroatoms. The predicted octanol–water partition coefficient (Wildman–Crippen LogP) is 0.918. The monoisotopic (exact) mass is 224 g/mol. The fourth-order valence-electron chi connectivity index (χ4n) is 3.05. The minimum Gasteiger partial charge on any atom is -0.396 e. The average Bonchev–Trinajstić information content (AvgIpc) is 2.82. The molecule has 0 unspecified atom stereocenters. The molecule has 0 bridgehead atoms. The lowest BCUT2D eigenvalue weighted by Gasteiger charge is -2.25. The van der Waals surface area contributed by atoms with E-state index in [2.05, 4.69) is 10.0 Å². The van der Waals surface area contributed by atoms with Crippen molar-refractivity contribution in [2.75, 3.05) is 26.2 Å². The maximum Gasteiger partial charge on any atom is 0.228 e. The van der Waals surface area contributed by atoms with Gasteiger partial charge < -0.3 is 10.0 Å². The summed E-state index contributed by atoms with van der Waals surface area (Å²) in [6.45, 7) is 1.38. The van der Waals surface area contributed by atoms with Crippen molar-refractivity contribution >= 4 is 5.91 Å². The van der Waals surface area contributed by atoms with Crippen LogP contribution in [-0.2, 0) is 4.79 Å². The van der Waals surface area contributed by atoms with Crippen LogP contribution in [0.15, 0.2) is 5.11 Å². The van der Waals surface area contributed by atoms with Crippen molar-refractivity contribution < 1.29 is 9.90 Å². The summed E-state index contributed by atoms with van der Waals surface area (Å²) in [5.41, 5.74) is 8.09. The number of azide groups is 1. The Bertz CT molecular complexity index is 340. The van der Waals surface area contributed by atoms with Crippen LogP contribution >= 0.6 is 0 Å². The SMILES string of the molecule is [N-]=[N+]=NCC(=O)N1C[C@H]2CCC[C@@]2(CO)C1. The van der Waals surface area contributed by atoms with Gasteiger partial charge in [-0.25, -0.2) is 0 Å². The number of nitrogens with zero attached hydrogens (tertiary/aromatic N) is 4. The van der Waals surface area contributed by atoms with E-state index in [9.17, 15) is 9.90 Å². The number of aliphatic hydroxyl groups excluding tert-OH is 1. The van der Waals surface area contributed by atoms with Gasteiger partial charge in [-0.05, 0) is 24.3 Å². The molecule has 0 aromatic rings. The lowest BCUT2D eigenvalue weighted by atomic mass is 9.82. The Morgan fingerprint density at radius 2 is 2.50 bits per heavy atom. The van der Waals surface area contributed by atoms with Gasteiger partial charge in [-0.3, -0.25) is 4.79 Å². The summed E-state index contributed by atoms with van der Waals surface area (Å²) in [7, 11) is 0. The summed E-state index contributed by atoms with van der Waals surface area (Å²) >= 11 is 0. The van der Waals surface area contributed by atoms with E-state index in [4.69, 9.17) is 5.53 Å². The van der Waals surface area contributed by atoms with E-state index >= 15 is 0 Å². The first-order chi connectivity index (χ1) is 7.72. The molecule has 1 saturated carbocycles. The van der Waals surface area contributed by atoms with Crippen LogP contribution in [0.25, 0.3) is 10.4 Å². The maximum absolute atomic E-state index is 11.7. The molecule has 6 nitrogen and oxygen atoms in total. The molecule has 0 aromatic carbocycles. The third-order valence-electron chi connectivity index (χ3n) is 3.98. The molecule has 16 heavy (non-hydrogen) atoms. The third-order valence-corrected chi connectivity index (χ3v) is 3.98. The molecule has 1 aliphatic heterocycles. The number of carbonyl (C=O) groups excluding carboxylic acids is 1. The molecule has 1 saturated heterocycles. The van der Waals surface area contributed by atoms with Crippen molar-refractivity contribution in [1.29, 1.82) is 0 Å². The summed E-state index contributed by atoms with van der Waals surface area (Å²) in [5, 5.41) is 12.8. The number of aliphatic hydroxyl groups is 1. The minimum absolute atomic E-state index is 0.0774. The molecule has 88 valence electrons. The first kappa shape index (κ1) is 11.2. The number of hydrogen-bond acceptors (Lipinski definition) is 3. The molecule has 0 radical (unpaired) electrons. The molecule has 0 aromatic heterocycles. The van der Waals surface area contributed by atoms with Gasteiger partial charge in [0.25, 0.3) is 0 Å². The molecule has 2 atom stereocenters. The molecule has 2 fully saturated rings. The van der Waals surface area contributed by atoms with Crippen LogP contribution in [0.5, 0.6) is 0 Å². The lowest BCUT2D eigenvalue weighted by molar-refractivity contribution is -0.129. The van der Waals surface area contributed by atoms with Crippen molar-refractivity contribution in [3.8, 4) is 0 Å². The number of hydrogen-bond donors (Lipinski definition) is 1. The zero-order chi connectivity index (χ0) is 11.6. The van der Waals surface area contributed by atoms with Crippen LogP contribution in [0.4, 0.5) is 0 Å². The summed E-state index contributed by atoms with van der Waals surface area (Å²) in [6, 6.07) is 0. The number of rotatable bonds is 3. The summed E-state index contributed by atoms with van der Waals surface area (Å²) in [4.78, 5) is 16.0. The van der Waals surface area contributed by atoms with Crippen LogP contribution in [0.2, 0.25) is 0 Å². The molecule has 1 N–H and O–H groups in total. The average molecular weight is 224 g/mol. The van der Waals surface area contributed by atoms with E-state index in [0.29, 0.717) is 19.0 Å². The summed E-state index contributed by atoms with van der Waals surface area (Å²) in [6.07, 6.45) is 3.23. The van der Waals surface area contributed by atoms with Crippen molar-refractivity contribution in [2.45, 2.75) is 19.3 Å². The van der Waals surface area contributed by atoms with Gasteiger partial charge in [0, 0.05) is 23.4 Å². The molecule has 1 amide bonds.